The van der Waals surface area contributed by atoms with Gasteiger partial charge in [-0.05, 0) is 23.6 Å². The Balaban J connectivity index is 2.14. The summed E-state index contributed by atoms with van der Waals surface area (Å²) >= 11 is 0. The molecule has 150 valence electrons. The van der Waals surface area contributed by atoms with Crippen LogP contribution in [0.4, 0.5) is 18.0 Å². The number of likely N-dealkylation sites (tertiary alicyclic amines) is 1. The normalized spacial score (nSPS) is 21.2. The van der Waals surface area contributed by atoms with Crippen molar-refractivity contribution in [3.05, 3.63) is 29.8 Å². The van der Waals surface area contributed by atoms with Crippen LogP contribution in [0.3, 0.4) is 0 Å². The predicted octanol–water partition coefficient (Wildman–Crippen LogP) is 3.30. The molecule has 0 aliphatic carbocycles. The number of nitrogens with zero attached hydrogens (tertiary/aromatic N) is 1. The zero-order valence-electron chi connectivity index (χ0n) is 15.3. The fourth-order valence-electron chi connectivity index (χ4n) is 3.22. The minimum atomic E-state index is -4.68. The minimum absolute atomic E-state index is 0.0290. The van der Waals surface area contributed by atoms with Crippen LogP contribution in [0.15, 0.2) is 24.3 Å². The lowest BCUT2D eigenvalue weighted by molar-refractivity contribution is -0.187. The third kappa shape index (κ3) is 4.84. The van der Waals surface area contributed by atoms with Crippen molar-refractivity contribution in [2.24, 2.45) is 17.8 Å². The molecular weight excluding hydrogens is 365 g/mol. The average Bonchev–Trinajstić information content (AvgIpc) is 3.05. The third-order valence-electron chi connectivity index (χ3n) is 4.77. The van der Waals surface area contributed by atoms with E-state index in [1.54, 1.807) is 24.3 Å². The number of carboxylic acids is 1. The summed E-state index contributed by atoms with van der Waals surface area (Å²) in [7, 11) is 1.53. The zero-order valence-corrected chi connectivity index (χ0v) is 15.3. The second-order valence-electron chi connectivity index (χ2n) is 6.94. The van der Waals surface area contributed by atoms with Crippen molar-refractivity contribution in [1.82, 2.24) is 10.2 Å². The number of carbonyl (C=O) groups excluding carboxylic acids is 1. The lowest BCUT2D eigenvalue weighted by atomic mass is 9.96. The number of ether oxygens (including phenoxy) is 1. The lowest BCUT2D eigenvalue weighted by Crippen LogP contribution is -2.42. The average molecular weight is 388 g/mol. The van der Waals surface area contributed by atoms with Crippen molar-refractivity contribution in [3.8, 4) is 5.75 Å². The Morgan fingerprint density at radius 3 is 2.22 bits per heavy atom. The lowest BCUT2D eigenvalue weighted by Gasteiger charge is -2.26. The Labute approximate surface area is 155 Å². The number of amides is 2. The number of rotatable bonds is 5. The summed E-state index contributed by atoms with van der Waals surface area (Å²) in [6.45, 7) is 2.61. The van der Waals surface area contributed by atoms with Crippen LogP contribution < -0.4 is 10.1 Å². The number of halogens is 3. The van der Waals surface area contributed by atoms with Gasteiger partial charge in [-0.3, -0.25) is 4.79 Å². The van der Waals surface area contributed by atoms with Crippen LogP contribution in [0.1, 0.15) is 25.5 Å². The molecule has 1 heterocycles. The summed E-state index contributed by atoms with van der Waals surface area (Å²) in [5, 5.41) is 11.8. The molecular formula is C18H23F3N2O4. The van der Waals surface area contributed by atoms with E-state index >= 15 is 0 Å². The van der Waals surface area contributed by atoms with Crippen LogP contribution in [-0.2, 0) is 4.79 Å². The molecule has 0 bridgehead atoms. The van der Waals surface area contributed by atoms with Gasteiger partial charge in [0.25, 0.3) is 0 Å². The highest BCUT2D eigenvalue weighted by Crippen LogP contribution is 2.38. The van der Waals surface area contributed by atoms with Crippen LogP contribution >= 0.6 is 0 Å². The van der Waals surface area contributed by atoms with E-state index in [0.717, 1.165) is 10.5 Å². The first-order valence-electron chi connectivity index (χ1n) is 8.53. The van der Waals surface area contributed by atoms with Gasteiger partial charge in [0, 0.05) is 13.1 Å². The molecule has 2 amide bonds. The fourth-order valence-corrected chi connectivity index (χ4v) is 3.22. The monoisotopic (exact) mass is 388 g/mol. The quantitative estimate of drug-likeness (QED) is 0.811. The summed E-state index contributed by atoms with van der Waals surface area (Å²) in [6, 6.07) is 5.86. The molecule has 0 saturated carbocycles. The number of nitrogens with one attached hydrogen (secondary N) is 1. The highest BCUT2D eigenvalue weighted by Gasteiger charge is 2.53. The van der Waals surface area contributed by atoms with Crippen molar-refractivity contribution in [3.63, 3.8) is 0 Å². The van der Waals surface area contributed by atoms with Crippen molar-refractivity contribution in [2.45, 2.75) is 26.1 Å². The van der Waals surface area contributed by atoms with Gasteiger partial charge in [-0.2, -0.15) is 13.2 Å². The molecule has 1 aliphatic rings. The van der Waals surface area contributed by atoms with Crippen LogP contribution in [0.5, 0.6) is 5.75 Å². The molecule has 0 spiro atoms. The number of benzene rings is 1. The molecule has 2 rings (SSSR count). The molecule has 9 heteroatoms. The molecule has 2 N–H and O–H groups in total. The molecule has 1 fully saturated rings. The zero-order chi connectivity index (χ0) is 20.4. The van der Waals surface area contributed by atoms with Crippen LogP contribution in [-0.4, -0.2) is 48.4 Å². The number of urea groups is 1. The molecule has 1 aliphatic heterocycles. The fraction of sp³-hybridized carbons (Fsp3) is 0.556. The van der Waals surface area contributed by atoms with Gasteiger partial charge in [-0.1, -0.05) is 26.0 Å². The summed E-state index contributed by atoms with van der Waals surface area (Å²) in [5.74, 6) is -4.67. The molecule has 1 saturated heterocycles. The molecule has 0 aromatic heterocycles. The number of carbonyl (C=O) groups is 2. The molecule has 0 radical (unpaired) electrons. The Hall–Kier alpha value is -2.45. The topological polar surface area (TPSA) is 78.9 Å². The van der Waals surface area contributed by atoms with Gasteiger partial charge < -0.3 is 20.1 Å². The van der Waals surface area contributed by atoms with E-state index < -0.39 is 49.1 Å². The smallest absolute Gasteiger partial charge is 0.394 e. The highest BCUT2D eigenvalue weighted by molar-refractivity contribution is 5.78. The van der Waals surface area contributed by atoms with Crippen LogP contribution in [0.25, 0.3) is 0 Å². The Kier molecular flexibility index (Phi) is 6.22. The first kappa shape index (κ1) is 20.9. The third-order valence-corrected chi connectivity index (χ3v) is 4.77. The van der Waals surface area contributed by atoms with Crippen LogP contribution in [0, 0.1) is 17.8 Å². The van der Waals surface area contributed by atoms with Gasteiger partial charge in [0.1, 0.15) is 5.75 Å². The molecule has 1 aromatic rings. The van der Waals surface area contributed by atoms with E-state index in [-0.39, 0.29) is 5.92 Å². The second-order valence-corrected chi connectivity index (χ2v) is 6.94. The first-order chi connectivity index (χ1) is 12.5. The van der Waals surface area contributed by atoms with Gasteiger partial charge in [0.05, 0.1) is 25.0 Å². The summed E-state index contributed by atoms with van der Waals surface area (Å²) in [5.41, 5.74) is 0.778. The number of hydrogen-bond acceptors (Lipinski definition) is 3. The minimum Gasteiger partial charge on any atom is -0.497 e. The molecule has 3 atom stereocenters. The SMILES string of the molecule is COc1ccc(C(NC(=O)N2C[C@@H](C(F)(F)F)[C@H](C(=O)O)C2)C(C)C)cc1. The summed E-state index contributed by atoms with van der Waals surface area (Å²) in [4.78, 5) is 24.6. The van der Waals surface area contributed by atoms with E-state index in [1.807, 2.05) is 13.8 Å². The Bertz CT molecular complexity index is 676. The van der Waals surface area contributed by atoms with Gasteiger partial charge in [-0.15, -0.1) is 0 Å². The largest absolute Gasteiger partial charge is 0.497 e. The number of methoxy groups -OCH3 is 1. The van der Waals surface area contributed by atoms with Gasteiger partial charge in [0.15, 0.2) is 0 Å². The standard InChI is InChI=1S/C18H23F3N2O4/c1-10(2)15(11-4-6-12(27-3)7-5-11)22-17(26)23-8-13(16(24)25)14(9-23)18(19,20)21/h4-7,10,13-15H,8-9H2,1-3H3,(H,22,26)(H,24,25)/t13-,14-,15?/m1/s1. The molecule has 1 unspecified atom stereocenters. The number of alkyl halides is 3. The first-order valence-corrected chi connectivity index (χ1v) is 8.53. The maximum Gasteiger partial charge on any atom is 0.394 e. The maximum atomic E-state index is 13.1. The number of carboxylic acid groups (broad SMARTS) is 1. The van der Waals surface area contributed by atoms with E-state index in [4.69, 9.17) is 9.84 Å². The van der Waals surface area contributed by atoms with E-state index in [9.17, 15) is 22.8 Å². The summed E-state index contributed by atoms with van der Waals surface area (Å²) in [6.07, 6.45) is -4.68. The van der Waals surface area contributed by atoms with E-state index in [2.05, 4.69) is 5.32 Å². The van der Waals surface area contributed by atoms with Gasteiger partial charge in [-0.25, -0.2) is 4.79 Å². The second kappa shape index (κ2) is 8.06. The number of hydrogen-bond donors (Lipinski definition) is 2. The predicted molar refractivity (Wildman–Crippen MR) is 91.3 cm³/mol. The van der Waals surface area contributed by atoms with Crippen molar-refractivity contribution < 1.29 is 32.6 Å². The van der Waals surface area contributed by atoms with Crippen molar-refractivity contribution in [2.75, 3.05) is 20.2 Å². The van der Waals surface area contributed by atoms with Gasteiger partial charge in [0.2, 0.25) is 0 Å². The molecule has 6 nitrogen and oxygen atoms in total. The summed E-state index contributed by atoms with van der Waals surface area (Å²) < 4.78 is 44.4. The molecule has 27 heavy (non-hydrogen) atoms. The van der Waals surface area contributed by atoms with Gasteiger partial charge >= 0.3 is 18.2 Å². The Morgan fingerprint density at radius 2 is 1.81 bits per heavy atom. The van der Waals surface area contributed by atoms with Crippen LogP contribution in [0.2, 0.25) is 0 Å². The molecule has 1 aromatic carbocycles. The van der Waals surface area contributed by atoms with E-state index in [0.29, 0.717) is 5.75 Å². The maximum absolute atomic E-state index is 13.1. The number of aliphatic carboxylic acids is 1. The van der Waals surface area contributed by atoms with Crippen molar-refractivity contribution >= 4 is 12.0 Å². The highest BCUT2D eigenvalue weighted by atomic mass is 19.4. The Morgan fingerprint density at radius 1 is 1.22 bits per heavy atom. The van der Waals surface area contributed by atoms with E-state index in [1.165, 1.54) is 7.11 Å². The van der Waals surface area contributed by atoms with Crippen molar-refractivity contribution in [1.29, 1.82) is 0 Å².